The topological polar surface area (TPSA) is 70.6 Å². The lowest BCUT2D eigenvalue weighted by Gasteiger charge is -2.04. The van der Waals surface area contributed by atoms with Crippen molar-refractivity contribution >= 4 is 18.0 Å². The normalized spacial score (nSPS) is 10.8. The second-order valence-corrected chi connectivity index (χ2v) is 5.99. The van der Waals surface area contributed by atoms with Gasteiger partial charge in [-0.2, -0.15) is 5.10 Å². The summed E-state index contributed by atoms with van der Waals surface area (Å²) < 4.78 is 12.7. The van der Waals surface area contributed by atoms with E-state index in [0.29, 0.717) is 12.0 Å². The number of carbonyl (C=O) groups excluding carboxylic acids is 2. The van der Waals surface area contributed by atoms with E-state index in [1.165, 1.54) is 44.0 Å². The first-order chi connectivity index (χ1) is 12.1. The molecule has 0 unspecified atom stereocenters. The lowest BCUT2D eigenvalue weighted by molar-refractivity contribution is -0.126. The van der Waals surface area contributed by atoms with E-state index in [2.05, 4.69) is 22.8 Å². The fraction of sp³-hybridized carbons (Fsp3) is 0.526. The summed E-state index contributed by atoms with van der Waals surface area (Å²) in [5.41, 5.74) is 2.99. The summed E-state index contributed by atoms with van der Waals surface area (Å²) >= 11 is 0. The fourth-order valence-electron chi connectivity index (χ4n) is 2.28. The number of nitrogens with one attached hydrogen (secondary N) is 2. The highest BCUT2D eigenvalue weighted by molar-refractivity contribution is 5.86. The van der Waals surface area contributed by atoms with Crippen LogP contribution >= 0.6 is 0 Å². The molecule has 6 heteroatoms. The van der Waals surface area contributed by atoms with Gasteiger partial charge < -0.3 is 5.32 Å². The van der Waals surface area contributed by atoms with E-state index in [4.69, 9.17) is 0 Å². The van der Waals surface area contributed by atoms with E-state index in [1.54, 1.807) is 12.1 Å². The maximum Gasteiger partial charge on any atom is 0.259 e. The summed E-state index contributed by atoms with van der Waals surface area (Å²) in [6, 6.07) is 5.73. The average molecular weight is 349 g/mol. The Bertz CT molecular complexity index is 544. The molecule has 0 fully saturated rings. The van der Waals surface area contributed by atoms with Gasteiger partial charge in [0, 0.05) is 6.42 Å². The number of unbranched alkanes of at least 4 members (excludes halogenated alkanes) is 6. The Morgan fingerprint density at radius 2 is 1.64 bits per heavy atom. The molecular weight excluding hydrogens is 321 g/mol. The molecule has 0 aliphatic rings. The van der Waals surface area contributed by atoms with Gasteiger partial charge in [0.1, 0.15) is 5.82 Å². The van der Waals surface area contributed by atoms with Gasteiger partial charge in [-0.05, 0) is 24.1 Å². The maximum absolute atomic E-state index is 12.7. The molecule has 0 radical (unpaired) electrons. The van der Waals surface area contributed by atoms with Gasteiger partial charge in [0.05, 0.1) is 12.8 Å². The molecule has 5 nitrogen and oxygen atoms in total. The van der Waals surface area contributed by atoms with Crippen molar-refractivity contribution in [3.05, 3.63) is 35.6 Å². The number of hydrazone groups is 1. The maximum atomic E-state index is 12.7. The number of benzene rings is 1. The van der Waals surface area contributed by atoms with Crippen molar-refractivity contribution in [3.63, 3.8) is 0 Å². The number of rotatable bonds is 12. The fourth-order valence-corrected chi connectivity index (χ4v) is 2.28. The minimum Gasteiger partial charge on any atom is -0.347 e. The smallest absolute Gasteiger partial charge is 0.259 e. The molecule has 0 saturated carbocycles. The van der Waals surface area contributed by atoms with E-state index in [0.717, 1.165) is 19.3 Å². The van der Waals surface area contributed by atoms with Crippen LogP contribution in [0.25, 0.3) is 0 Å². The van der Waals surface area contributed by atoms with Crippen LogP contribution < -0.4 is 10.7 Å². The Labute approximate surface area is 149 Å². The van der Waals surface area contributed by atoms with Crippen LogP contribution in [0.3, 0.4) is 0 Å². The number of nitrogens with zero attached hydrogens (tertiary/aromatic N) is 1. The third-order valence-electron chi connectivity index (χ3n) is 3.73. The Hall–Kier alpha value is -2.24. The summed E-state index contributed by atoms with van der Waals surface area (Å²) in [5, 5.41) is 6.34. The van der Waals surface area contributed by atoms with Gasteiger partial charge in [0.25, 0.3) is 5.91 Å². The van der Waals surface area contributed by atoms with Crippen LogP contribution in [-0.2, 0) is 9.59 Å². The van der Waals surface area contributed by atoms with Crippen LogP contribution in [-0.4, -0.2) is 24.6 Å². The lowest BCUT2D eigenvalue weighted by atomic mass is 10.1. The Kier molecular flexibility index (Phi) is 10.9. The first-order valence-corrected chi connectivity index (χ1v) is 8.96. The molecule has 0 heterocycles. The van der Waals surface area contributed by atoms with Crippen molar-refractivity contribution < 1.29 is 14.0 Å². The quantitative estimate of drug-likeness (QED) is 0.344. The van der Waals surface area contributed by atoms with Crippen LogP contribution in [0.1, 0.15) is 63.9 Å². The SMILES string of the molecule is CCCCCCCCCC(=O)NCC(=O)N/N=C\c1ccc(F)cc1. The Balaban J connectivity index is 2.06. The second-order valence-electron chi connectivity index (χ2n) is 5.99. The number of halogens is 1. The van der Waals surface area contributed by atoms with Gasteiger partial charge in [-0.1, -0.05) is 57.6 Å². The molecule has 1 aromatic rings. The molecule has 1 rings (SSSR count). The number of carbonyl (C=O) groups is 2. The van der Waals surface area contributed by atoms with Gasteiger partial charge in [0.2, 0.25) is 5.91 Å². The molecule has 138 valence electrons. The summed E-state index contributed by atoms with van der Waals surface area (Å²) in [5.74, 6) is -0.845. The molecule has 0 atom stereocenters. The van der Waals surface area contributed by atoms with Crippen molar-refractivity contribution in [3.8, 4) is 0 Å². The molecular formula is C19H28FN3O2. The molecule has 2 N–H and O–H groups in total. The zero-order chi connectivity index (χ0) is 18.3. The van der Waals surface area contributed by atoms with Crippen molar-refractivity contribution in [1.29, 1.82) is 0 Å². The van der Waals surface area contributed by atoms with Gasteiger partial charge in [-0.3, -0.25) is 9.59 Å². The van der Waals surface area contributed by atoms with Crippen LogP contribution in [0.4, 0.5) is 4.39 Å². The van der Waals surface area contributed by atoms with Gasteiger partial charge in [0.15, 0.2) is 0 Å². The van der Waals surface area contributed by atoms with Gasteiger partial charge in [-0.15, -0.1) is 0 Å². The molecule has 25 heavy (non-hydrogen) atoms. The first-order valence-electron chi connectivity index (χ1n) is 8.96. The van der Waals surface area contributed by atoms with E-state index in [-0.39, 0.29) is 18.3 Å². The minimum atomic E-state index is -0.397. The van der Waals surface area contributed by atoms with Gasteiger partial charge >= 0.3 is 0 Å². The molecule has 1 aromatic carbocycles. The average Bonchev–Trinajstić information content (AvgIpc) is 2.61. The van der Waals surface area contributed by atoms with Crippen LogP contribution in [0.2, 0.25) is 0 Å². The van der Waals surface area contributed by atoms with Crippen LogP contribution in [0.5, 0.6) is 0 Å². The van der Waals surface area contributed by atoms with Crippen molar-refractivity contribution in [2.24, 2.45) is 5.10 Å². The third-order valence-corrected chi connectivity index (χ3v) is 3.73. The Morgan fingerprint density at radius 1 is 1.00 bits per heavy atom. The third kappa shape index (κ3) is 11.0. The minimum absolute atomic E-state index is 0.101. The molecule has 0 aliphatic heterocycles. The molecule has 2 amide bonds. The van der Waals surface area contributed by atoms with E-state index in [1.807, 2.05) is 0 Å². The zero-order valence-corrected chi connectivity index (χ0v) is 14.9. The zero-order valence-electron chi connectivity index (χ0n) is 14.9. The van der Waals surface area contributed by atoms with Crippen LogP contribution in [0.15, 0.2) is 29.4 Å². The first kappa shape index (κ1) is 20.8. The van der Waals surface area contributed by atoms with Gasteiger partial charge in [-0.25, -0.2) is 9.82 Å². The Morgan fingerprint density at radius 3 is 2.32 bits per heavy atom. The van der Waals surface area contributed by atoms with E-state index >= 15 is 0 Å². The molecule has 0 aliphatic carbocycles. The van der Waals surface area contributed by atoms with Crippen molar-refractivity contribution in [2.45, 2.75) is 58.3 Å². The lowest BCUT2D eigenvalue weighted by Crippen LogP contribution is -2.34. The molecule has 0 aromatic heterocycles. The number of amides is 2. The molecule has 0 bridgehead atoms. The highest BCUT2D eigenvalue weighted by Crippen LogP contribution is 2.08. The van der Waals surface area contributed by atoms with E-state index in [9.17, 15) is 14.0 Å². The predicted molar refractivity (Wildman–Crippen MR) is 97.8 cm³/mol. The highest BCUT2D eigenvalue weighted by atomic mass is 19.1. The highest BCUT2D eigenvalue weighted by Gasteiger charge is 2.04. The summed E-state index contributed by atoms with van der Waals surface area (Å²) in [4.78, 5) is 23.2. The summed E-state index contributed by atoms with van der Waals surface area (Å²) in [7, 11) is 0. The predicted octanol–water partition coefficient (Wildman–Crippen LogP) is 3.53. The molecule has 0 spiro atoms. The van der Waals surface area contributed by atoms with E-state index < -0.39 is 5.91 Å². The number of hydrogen-bond acceptors (Lipinski definition) is 3. The standard InChI is InChI=1S/C19H28FN3O2/c1-2-3-4-5-6-7-8-9-18(24)21-15-19(25)23-22-14-16-10-12-17(20)13-11-16/h10-14H,2-9,15H2,1H3,(H,21,24)(H,23,25)/b22-14-. The van der Waals surface area contributed by atoms with Crippen LogP contribution in [0, 0.1) is 5.82 Å². The number of hydrogen-bond donors (Lipinski definition) is 2. The molecule has 0 saturated heterocycles. The largest absolute Gasteiger partial charge is 0.347 e. The summed E-state index contributed by atoms with van der Waals surface area (Å²) in [6.07, 6.45) is 9.92. The summed E-state index contributed by atoms with van der Waals surface area (Å²) in [6.45, 7) is 2.09. The monoisotopic (exact) mass is 349 g/mol. The second kappa shape index (κ2) is 13.1. The van der Waals surface area contributed by atoms with Crippen molar-refractivity contribution in [2.75, 3.05) is 6.54 Å². The van der Waals surface area contributed by atoms with Crippen molar-refractivity contribution in [1.82, 2.24) is 10.7 Å².